The molecule has 1 aliphatic heterocycles. The van der Waals surface area contributed by atoms with E-state index in [1.54, 1.807) is 49.6 Å². The molecule has 8 heteroatoms. The van der Waals surface area contributed by atoms with Crippen molar-refractivity contribution in [3.63, 3.8) is 0 Å². The highest BCUT2D eigenvalue weighted by Gasteiger charge is 2.51. The van der Waals surface area contributed by atoms with E-state index in [0.717, 1.165) is 14.9 Å². The van der Waals surface area contributed by atoms with Gasteiger partial charge in [0.15, 0.2) is 0 Å². The largest absolute Gasteiger partial charge is 0.496 e. The minimum absolute atomic E-state index is 0.0166. The lowest BCUT2D eigenvalue weighted by Gasteiger charge is -2.25. The lowest BCUT2D eigenvalue weighted by molar-refractivity contribution is -0.149. The average Bonchev–Trinajstić information content (AvgIpc) is 2.98. The summed E-state index contributed by atoms with van der Waals surface area (Å²) >= 11 is 3.37. The highest BCUT2D eigenvalue weighted by atomic mass is 79.9. The van der Waals surface area contributed by atoms with E-state index < -0.39 is 30.0 Å². The second kappa shape index (κ2) is 8.65. The number of urea groups is 1. The molecule has 0 radical (unpaired) electrons. The number of carbonyl (C=O) groups excluding carboxylic acids is 3. The van der Waals surface area contributed by atoms with Crippen LogP contribution >= 0.6 is 15.9 Å². The van der Waals surface area contributed by atoms with Crippen molar-refractivity contribution in [3.8, 4) is 5.75 Å². The topological polar surface area (TPSA) is 84.9 Å². The Bertz CT molecular complexity index is 934. The van der Waals surface area contributed by atoms with Crippen molar-refractivity contribution in [2.75, 3.05) is 13.7 Å². The highest BCUT2D eigenvalue weighted by molar-refractivity contribution is 9.10. The number of benzene rings is 2. The summed E-state index contributed by atoms with van der Waals surface area (Å²) in [5.41, 5.74) is 0.259. The predicted molar refractivity (Wildman–Crippen MR) is 109 cm³/mol. The summed E-state index contributed by atoms with van der Waals surface area (Å²) in [7, 11) is 1.56. The van der Waals surface area contributed by atoms with Gasteiger partial charge in [0.2, 0.25) is 0 Å². The van der Waals surface area contributed by atoms with E-state index in [0.29, 0.717) is 17.7 Å². The Kier molecular flexibility index (Phi) is 6.22. The number of nitrogens with one attached hydrogen (secondary N) is 1. The molecule has 0 bridgehead atoms. The van der Waals surface area contributed by atoms with Crippen LogP contribution in [-0.2, 0) is 26.5 Å². The fraction of sp³-hybridized carbons (Fsp3) is 0.286. The maximum absolute atomic E-state index is 13.0. The molecule has 0 spiro atoms. The molecule has 29 heavy (non-hydrogen) atoms. The fourth-order valence-corrected chi connectivity index (χ4v) is 3.86. The van der Waals surface area contributed by atoms with Crippen LogP contribution in [0.15, 0.2) is 53.0 Å². The minimum atomic E-state index is -1.17. The molecule has 3 rings (SSSR count). The number of methoxy groups -OCH3 is 1. The van der Waals surface area contributed by atoms with Gasteiger partial charge in [-0.15, -0.1) is 0 Å². The molecule has 1 fully saturated rings. The lowest BCUT2D eigenvalue weighted by atomic mass is 9.87. The van der Waals surface area contributed by atoms with Gasteiger partial charge < -0.3 is 14.8 Å². The molecule has 0 aromatic heterocycles. The molecule has 152 valence electrons. The number of imide groups is 1. The van der Waals surface area contributed by atoms with Crippen molar-refractivity contribution in [2.45, 2.75) is 25.5 Å². The SMILES string of the molecule is CCC1(c2ccccc2)NC(=O)N(CC(=O)OCc2ccc(OC)c(Br)c2)C1=O. The predicted octanol–water partition coefficient (Wildman–Crippen LogP) is 3.36. The standard InChI is InChI=1S/C21H21BrN2O5/c1-3-21(15-7-5-4-6-8-15)19(26)24(20(27)23-21)12-18(25)29-13-14-9-10-17(28-2)16(22)11-14/h4-11H,3,12-13H2,1-2H3,(H,23,27). The fourth-order valence-electron chi connectivity index (χ4n) is 3.27. The number of amides is 3. The first-order valence-corrected chi connectivity index (χ1v) is 9.88. The van der Waals surface area contributed by atoms with Crippen molar-refractivity contribution in [1.29, 1.82) is 0 Å². The van der Waals surface area contributed by atoms with Gasteiger partial charge in [0.1, 0.15) is 24.4 Å². The Morgan fingerprint density at radius 1 is 1.17 bits per heavy atom. The smallest absolute Gasteiger partial charge is 0.326 e. The van der Waals surface area contributed by atoms with E-state index >= 15 is 0 Å². The Morgan fingerprint density at radius 3 is 2.52 bits per heavy atom. The Hall–Kier alpha value is -2.87. The van der Waals surface area contributed by atoms with Crippen molar-refractivity contribution < 1.29 is 23.9 Å². The van der Waals surface area contributed by atoms with Crippen LogP contribution in [-0.4, -0.2) is 36.5 Å². The molecule has 1 N–H and O–H groups in total. The summed E-state index contributed by atoms with van der Waals surface area (Å²) in [4.78, 5) is 38.6. The van der Waals surface area contributed by atoms with Crippen molar-refractivity contribution in [1.82, 2.24) is 10.2 Å². The van der Waals surface area contributed by atoms with E-state index in [9.17, 15) is 14.4 Å². The van der Waals surface area contributed by atoms with Crippen molar-refractivity contribution in [2.24, 2.45) is 0 Å². The lowest BCUT2D eigenvalue weighted by Crippen LogP contribution is -2.43. The van der Waals surface area contributed by atoms with Gasteiger partial charge in [-0.1, -0.05) is 43.3 Å². The number of halogens is 1. The normalized spacial score (nSPS) is 18.5. The summed E-state index contributed by atoms with van der Waals surface area (Å²) in [5, 5.41) is 2.74. The summed E-state index contributed by atoms with van der Waals surface area (Å²) in [6.07, 6.45) is 0.368. The monoisotopic (exact) mass is 460 g/mol. The van der Waals surface area contributed by atoms with Gasteiger partial charge >= 0.3 is 12.0 Å². The molecule has 1 heterocycles. The molecule has 1 atom stereocenters. The third-order valence-corrected chi connectivity index (χ3v) is 5.50. The zero-order valence-electron chi connectivity index (χ0n) is 16.1. The van der Waals surface area contributed by atoms with Crippen molar-refractivity contribution >= 4 is 33.8 Å². The summed E-state index contributed by atoms with van der Waals surface area (Å²) in [6, 6.07) is 13.7. The number of ether oxygens (including phenoxy) is 2. The molecule has 2 aromatic carbocycles. The molecular formula is C21H21BrN2O5. The van der Waals surface area contributed by atoms with E-state index in [1.165, 1.54) is 0 Å². The third kappa shape index (κ3) is 4.12. The number of hydrogen-bond acceptors (Lipinski definition) is 5. The van der Waals surface area contributed by atoms with Crippen LogP contribution in [0.3, 0.4) is 0 Å². The zero-order valence-corrected chi connectivity index (χ0v) is 17.7. The van der Waals surface area contributed by atoms with Gasteiger partial charge in [-0.05, 0) is 45.6 Å². The Morgan fingerprint density at radius 2 is 1.90 bits per heavy atom. The van der Waals surface area contributed by atoms with Crippen LogP contribution in [0.2, 0.25) is 0 Å². The van der Waals surface area contributed by atoms with Gasteiger partial charge in [-0.2, -0.15) is 0 Å². The maximum atomic E-state index is 13.0. The van der Waals surface area contributed by atoms with E-state index in [4.69, 9.17) is 9.47 Å². The number of rotatable bonds is 7. The number of hydrogen-bond donors (Lipinski definition) is 1. The third-order valence-electron chi connectivity index (χ3n) is 4.88. The van der Waals surface area contributed by atoms with E-state index in [2.05, 4.69) is 21.2 Å². The summed E-state index contributed by atoms with van der Waals surface area (Å²) in [5.74, 6) is -0.461. The first-order valence-electron chi connectivity index (χ1n) is 9.09. The zero-order chi connectivity index (χ0) is 21.0. The van der Waals surface area contributed by atoms with Crippen LogP contribution in [0.1, 0.15) is 24.5 Å². The number of nitrogens with zero attached hydrogens (tertiary/aromatic N) is 1. The minimum Gasteiger partial charge on any atom is -0.496 e. The van der Waals surface area contributed by atoms with Crippen LogP contribution in [0.5, 0.6) is 5.75 Å². The summed E-state index contributed by atoms with van der Waals surface area (Å²) in [6.45, 7) is 1.38. The second-order valence-electron chi connectivity index (χ2n) is 6.58. The molecule has 2 aromatic rings. The molecule has 0 saturated carbocycles. The van der Waals surface area contributed by atoms with Gasteiger partial charge in [0, 0.05) is 0 Å². The Labute approximate surface area is 177 Å². The molecule has 0 aliphatic carbocycles. The van der Waals surface area contributed by atoms with E-state index in [1.807, 2.05) is 13.0 Å². The van der Waals surface area contributed by atoms with Gasteiger partial charge in [0.05, 0.1) is 11.6 Å². The second-order valence-corrected chi connectivity index (χ2v) is 7.43. The number of esters is 1. The first-order chi connectivity index (χ1) is 13.9. The Balaban J connectivity index is 1.67. The molecule has 1 saturated heterocycles. The van der Waals surface area contributed by atoms with E-state index in [-0.39, 0.29) is 6.61 Å². The molecule has 1 aliphatic rings. The average molecular weight is 461 g/mol. The summed E-state index contributed by atoms with van der Waals surface area (Å²) < 4.78 is 11.1. The van der Waals surface area contributed by atoms with Gasteiger partial charge in [-0.25, -0.2) is 4.79 Å². The maximum Gasteiger partial charge on any atom is 0.326 e. The number of carbonyl (C=O) groups is 3. The van der Waals surface area contributed by atoms with Crippen LogP contribution < -0.4 is 10.1 Å². The first kappa shape index (κ1) is 20.9. The van der Waals surface area contributed by atoms with Gasteiger partial charge in [-0.3, -0.25) is 14.5 Å². The van der Waals surface area contributed by atoms with Crippen LogP contribution in [0.4, 0.5) is 4.79 Å². The van der Waals surface area contributed by atoms with Crippen molar-refractivity contribution in [3.05, 3.63) is 64.1 Å². The van der Waals surface area contributed by atoms with Crippen LogP contribution in [0.25, 0.3) is 0 Å². The van der Waals surface area contributed by atoms with Crippen LogP contribution in [0, 0.1) is 0 Å². The molecule has 7 nitrogen and oxygen atoms in total. The quantitative estimate of drug-likeness (QED) is 0.505. The molecular weight excluding hydrogens is 440 g/mol. The molecule has 1 unspecified atom stereocenters. The highest BCUT2D eigenvalue weighted by Crippen LogP contribution is 2.32. The molecule has 3 amide bonds. The van der Waals surface area contributed by atoms with Gasteiger partial charge in [0.25, 0.3) is 5.91 Å².